The minimum Gasteiger partial charge on any atom is -0.382 e. The number of hydrogen-bond donors (Lipinski definition) is 2. The summed E-state index contributed by atoms with van der Waals surface area (Å²) in [5, 5.41) is 0. The highest BCUT2D eigenvalue weighted by atomic mass is 15.4. The Bertz CT molecular complexity index is 877. The molecule has 31 heavy (non-hydrogen) atoms. The predicted octanol–water partition coefficient (Wildman–Crippen LogP) is 4.36. The molecule has 4 rings (SSSR count). The first-order chi connectivity index (χ1) is 14.7. The van der Waals surface area contributed by atoms with Gasteiger partial charge in [0.05, 0.1) is 7.05 Å². The molecule has 1 aromatic rings. The molecule has 6 atom stereocenters. The van der Waals surface area contributed by atoms with Gasteiger partial charge < -0.3 is 10.6 Å². The Labute approximate surface area is 188 Å². The molecule has 1 fully saturated rings. The predicted molar refractivity (Wildman–Crippen MR) is 129 cm³/mol. The van der Waals surface area contributed by atoms with E-state index in [1.807, 2.05) is 0 Å². The van der Waals surface area contributed by atoms with Crippen LogP contribution < -0.4 is 15.5 Å². The van der Waals surface area contributed by atoms with Crippen molar-refractivity contribution in [1.29, 1.82) is 0 Å². The number of nitrogens with one attached hydrogen (secondary N) is 1. The quantitative estimate of drug-likeness (QED) is 0.690. The van der Waals surface area contributed by atoms with Crippen LogP contribution in [0.3, 0.4) is 0 Å². The Hall–Kier alpha value is -1.88. The zero-order valence-corrected chi connectivity index (χ0v) is 20.4. The molecule has 1 aromatic heterocycles. The first kappa shape index (κ1) is 22.3. The molecule has 0 amide bonds. The van der Waals surface area contributed by atoms with E-state index in [1.54, 1.807) is 6.33 Å². The summed E-state index contributed by atoms with van der Waals surface area (Å²) in [6, 6.07) is 0. The van der Waals surface area contributed by atoms with Gasteiger partial charge in [-0.1, -0.05) is 51.5 Å². The SMILES string of the molecule is C/C(=C\CN1C[NH+](C)c2ncnc(N)c21)CC[C@]1(C)[C@H]2CC=C[C@@H](C)[C@]2(C)CC[C@H]1C. The minimum absolute atomic E-state index is 0.407. The third kappa shape index (κ3) is 3.79. The van der Waals surface area contributed by atoms with E-state index in [-0.39, 0.29) is 0 Å². The second-order valence-corrected chi connectivity index (χ2v) is 11.1. The lowest BCUT2D eigenvalue weighted by molar-refractivity contribution is -0.805. The Morgan fingerprint density at radius 3 is 2.87 bits per heavy atom. The fourth-order valence-electron chi connectivity index (χ4n) is 6.72. The van der Waals surface area contributed by atoms with E-state index in [0.29, 0.717) is 22.6 Å². The van der Waals surface area contributed by atoms with E-state index >= 15 is 0 Å². The zero-order chi connectivity index (χ0) is 22.4. The lowest BCUT2D eigenvalue weighted by Gasteiger charge is -2.59. The second kappa shape index (κ2) is 8.23. The largest absolute Gasteiger partial charge is 0.382 e. The van der Waals surface area contributed by atoms with Gasteiger partial charge in [-0.05, 0) is 67.6 Å². The van der Waals surface area contributed by atoms with E-state index in [2.05, 4.69) is 74.8 Å². The summed E-state index contributed by atoms with van der Waals surface area (Å²) in [4.78, 5) is 12.3. The molecule has 5 nitrogen and oxygen atoms in total. The van der Waals surface area contributed by atoms with Crippen LogP contribution in [0.4, 0.5) is 17.3 Å². The zero-order valence-electron chi connectivity index (χ0n) is 20.4. The number of anilines is 2. The maximum atomic E-state index is 6.17. The van der Waals surface area contributed by atoms with Gasteiger partial charge in [-0.3, -0.25) is 4.90 Å². The maximum Gasteiger partial charge on any atom is 0.256 e. The average molecular weight is 425 g/mol. The first-order valence-electron chi connectivity index (χ1n) is 12.2. The van der Waals surface area contributed by atoms with Gasteiger partial charge in [-0.25, -0.2) is 4.98 Å². The van der Waals surface area contributed by atoms with Crippen LogP contribution in [0, 0.1) is 28.6 Å². The van der Waals surface area contributed by atoms with E-state index < -0.39 is 0 Å². The Balaban J connectivity index is 1.44. The summed E-state index contributed by atoms with van der Waals surface area (Å²) >= 11 is 0. The average Bonchev–Trinajstić information content (AvgIpc) is 3.07. The molecule has 0 radical (unpaired) electrons. The van der Waals surface area contributed by atoms with Crippen molar-refractivity contribution in [2.24, 2.45) is 28.6 Å². The third-order valence-corrected chi connectivity index (χ3v) is 9.39. The van der Waals surface area contributed by atoms with Crippen LogP contribution >= 0.6 is 0 Å². The van der Waals surface area contributed by atoms with Crippen molar-refractivity contribution in [3.05, 3.63) is 30.1 Å². The molecular formula is C26H42N5+. The molecule has 2 aliphatic carbocycles. The number of nitrogen functional groups attached to an aromatic ring is 1. The molecule has 0 saturated heterocycles. The van der Waals surface area contributed by atoms with Crippen LogP contribution in [0.5, 0.6) is 0 Å². The molecule has 0 spiro atoms. The fourth-order valence-corrected chi connectivity index (χ4v) is 6.72. The van der Waals surface area contributed by atoms with Crippen molar-refractivity contribution in [2.45, 2.75) is 66.7 Å². The Morgan fingerprint density at radius 2 is 2.10 bits per heavy atom. The van der Waals surface area contributed by atoms with Gasteiger partial charge in [0.15, 0.2) is 18.2 Å². The van der Waals surface area contributed by atoms with E-state index in [0.717, 1.165) is 36.6 Å². The summed E-state index contributed by atoms with van der Waals surface area (Å²) in [6.45, 7) is 14.2. The van der Waals surface area contributed by atoms with Crippen LogP contribution in [0.1, 0.15) is 66.7 Å². The van der Waals surface area contributed by atoms with Crippen molar-refractivity contribution < 1.29 is 4.90 Å². The lowest BCUT2D eigenvalue weighted by Crippen LogP contribution is -3.03. The molecule has 2 heterocycles. The van der Waals surface area contributed by atoms with Crippen molar-refractivity contribution in [1.82, 2.24) is 9.97 Å². The molecule has 1 saturated carbocycles. The highest BCUT2D eigenvalue weighted by Gasteiger charge is 2.53. The number of fused-ring (bicyclic) bond motifs is 2. The van der Waals surface area contributed by atoms with Crippen LogP contribution in [-0.4, -0.2) is 30.2 Å². The maximum absolute atomic E-state index is 6.17. The van der Waals surface area contributed by atoms with Crippen molar-refractivity contribution in [3.63, 3.8) is 0 Å². The Morgan fingerprint density at radius 1 is 1.32 bits per heavy atom. The number of nitrogens with zero attached hydrogens (tertiary/aromatic N) is 3. The molecule has 1 aliphatic heterocycles. The fraction of sp³-hybridized carbons (Fsp3) is 0.692. The van der Waals surface area contributed by atoms with Gasteiger partial charge in [0, 0.05) is 6.54 Å². The number of allylic oxidation sites excluding steroid dienone is 3. The lowest BCUT2D eigenvalue weighted by atomic mass is 9.46. The molecule has 5 heteroatoms. The number of rotatable bonds is 5. The number of quaternary nitrogens is 1. The van der Waals surface area contributed by atoms with Crippen LogP contribution in [0.2, 0.25) is 0 Å². The number of nitrogens with two attached hydrogens (primary N) is 1. The molecule has 0 bridgehead atoms. The highest BCUT2D eigenvalue weighted by Crippen LogP contribution is 2.61. The first-order valence-corrected chi connectivity index (χ1v) is 12.2. The standard InChI is InChI=1S/C26H41N5/c1-18(12-15-31-17-30(6)24-22(31)23(27)28-16-29-24)10-13-25(4)20(3)11-14-26(5)19(2)8-7-9-21(25)26/h7-8,12,16,19-21H,9-11,13-15,17H2,1-6H3,(H2,27,28,29)/p+1/b18-12+/t19-,20-,21-,25+,26+/m1/s1. The number of hydrogen-bond acceptors (Lipinski definition) is 4. The van der Waals surface area contributed by atoms with Crippen molar-refractivity contribution >= 4 is 17.3 Å². The molecular weight excluding hydrogens is 382 g/mol. The minimum atomic E-state index is 0.407. The van der Waals surface area contributed by atoms with Gasteiger partial charge in [0.1, 0.15) is 6.33 Å². The summed E-state index contributed by atoms with van der Waals surface area (Å²) in [5.74, 6) is 3.88. The Kier molecular flexibility index (Phi) is 5.93. The van der Waals surface area contributed by atoms with Gasteiger partial charge in [0.25, 0.3) is 5.82 Å². The van der Waals surface area contributed by atoms with Crippen LogP contribution in [-0.2, 0) is 0 Å². The number of aromatic nitrogens is 2. The van der Waals surface area contributed by atoms with E-state index in [9.17, 15) is 0 Å². The summed E-state index contributed by atoms with van der Waals surface area (Å²) in [6.07, 6.45) is 15.4. The smallest absolute Gasteiger partial charge is 0.256 e. The van der Waals surface area contributed by atoms with Gasteiger partial charge in [-0.15, -0.1) is 0 Å². The van der Waals surface area contributed by atoms with Gasteiger partial charge in [0.2, 0.25) is 0 Å². The molecule has 170 valence electrons. The highest BCUT2D eigenvalue weighted by molar-refractivity contribution is 5.73. The van der Waals surface area contributed by atoms with E-state index in [4.69, 9.17) is 5.73 Å². The molecule has 3 N–H and O–H groups in total. The van der Waals surface area contributed by atoms with Crippen LogP contribution in [0.15, 0.2) is 30.1 Å². The van der Waals surface area contributed by atoms with Crippen LogP contribution in [0.25, 0.3) is 0 Å². The molecule has 3 aliphatic rings. The summed E-state index contributed by atoms with van der Waals surface area (Å²) in [5.41, 5.74) is 9.53. The third-order valence-electron chi connectivity index (χ3n) is 9.39. The molecule has 0 aromatic carbocycles. The topological polar surface area (TPSA) is 59.5 Å². The monoisotopic (exact) mass is 424 g/mol. The summed E-state index contributed by atoms with van der Waals surface area (Å²) < 4.78 is 0. The normalized spacial score (nSPS) is 37.6. The second-order valence-electron chi connectivity index (χ2n) is 11.1. The summed E-state index contributed by atoms with van der Waals surface area (Å²) in [7, 11) is 2.14. The van der Waals surface area contributed by atoms with Crippen molar-refractivity contribution in [3.8, 4) is 0 Å². The van der Waals surface area contributed by atoms with Crippen molar-refractivity contribution in [2.75, 3.05) is 30.9 Å². The van der Waals surface area contributed by atoms with Gasteiger partial charge in [-0.2, -0.15) is 4.98 Å². The molecule has 1 unspecified atom stereocenters. The van der Waals surface area contributed by atoms with Gasteiger partial charge >= 0.3 is 0 Å². The van der Waals surface area contributed by atoms with E-state index in [1.165, 1.54) is 42.6 Å².